The molecule has 1 fully saturated rings. The van der Waals surface area contributed by atoms with Crippen molar-refractivity contribution < 1.29 is 13.5 Å². The maximum Gasteiger partial charge on any atom is 0.198 e. The molecule has 1 aromatic heterocycles. The lowest BCUT2D eigenvalue weighted by atomic mass is 10.1. The van der Waals surface area contributed by atoms with E-state index in [0.717, 1.165) is 25.3 Å². The predicted octanol–water partition coefficient (Wildman–Crippen LogP) is 2.83. The zero-order chi connectivity index (χ0) is 14.1. The van der Waals surface area contributed by atoms with Gasteiger partial charge in [-0.05, 0) is 17.7 Å². The highest BCUT2D eigenvalue weighted by molar-refractivity contribution is 5.74. The first-order valence-electron chi connectivity index (χ1n) is 7.01. The fourth-order valence-electron chi connectivity index (χ4n) is 2.24. The van der Waals surface area contributed by atoms with Crippen LogP contribution in [-0.2, 0) is 11.3 Å². The first-order chi connectivity index (χ1) is 9.63. The molecule has 0 atom stereocenters. The van der Waals surface area contributed by atoms with Gasteiger partial charge in [0.1, 0.15) is 5.52 Å². The lowest BCUT2D eigenvalue weighted by molar-refractivity contribution is -0.0307. The molecule has 2 aromatic rings. The minimum atomic E-state index is -0.342. The highest BCUT2D eigenvalue weighted by Gasteiger charge is 2.18. The van der Waals surface area contributed by atoms with E-state index in [4.69, 9.17) is 9.15 Å². The van der Waals surface area contributed by atoms with Gasteiger partial charge < -0.3 is 14.5 Å². The van der Waals surface area contributed by atoms with E-state index in [2.05, 4.69) is 10.3 Å². The molecule has 20 heavy (non-hydrogen) atoms. The third-order valence-electron chi connectivity index (χ3n) is 3.48. The Morgan fingerprint density at radius 1 is 1.40 bits per heavy atom. The average molecular weight is 278 g/mol. The van der Waals surface area contributed by atoms with Gasteiger partial charge in [-0.1, -0.05) is 13.8 Å². The number of oxazole rings is 1. The van der Waals surface area contributed by atoms with Gasteiger partial charge in [0.25, 0.3) is 0 Å². The summed E-state index contributed by atoms with van der Waals surface area (Å²) in [6.07, 6.45) is 0. The lowest BCUT2D eigenvalue weighted by Crippen LogP contribution is -2.36. The van der Waals surface area contributed by atoms with E-state index in [0.29, 0.717) is 23.9 Å². The summed E-state index contributed by atoms with van der Waals surface area (Å²) in [4.78, 5) is 4.35. The van der Waals surface area contributed by atoms with Crippen LogP contribution >= 0.6 is 0 Å². The molecular formula is C15H19FN2O2. The number of ether oxygens (including phenoxy) is 1. The number of hydrogen-bond donors (Lipinski definition) is 1. The lowest BCUT2D eigenvalue weighted by Gasteiger charge is -2.26. The Kier molecular flexibility index (Phi) is 3.72. The second-order valence-corrected chi connectivity index (χ2v) is 5.67. The van der Waals surface area contributed by atoms with E-state index in [1.54, 1.807) is 0 Å². The van der Waals surface area contributed by atoms with E-state index in [1.165, 1.54) is 6.07 Å². The zero-order valence-electron chi connectivity index (χ0n) is 11.8. The summed E-state index contributed by atoms with van der Waals surface area (Å²) in [7, 11) is 0. The number of halogens is 1. The average Bonchev–Trinajstić information content (AvgIpc) is 2.77. The van der Waals surface area contributed by atoms with E-state index >= 15 is 0 Å². The van der Waals surface area contributed by atoms with Gasteiger partial charge >= 0.3 is 0 Å². The van der Waals surface area contributed by atoms with Crippen LogP contribution < -0.4 is 5.32 Å². The summed E-state index contributed by atoms with van der Waals surface area (Å²) < 4.78 is 24.6. The maximum absolute atomic E-state index is 14.0. The van der Waals surface area contributed by atoms with Crippen LogP contribution in [0.2, 0.25) is 0 Å². The van der Waals surface area contributed by atoms with E-state index in [-0.39, 0.29) is 17.3 Å². The van der Waals surface area contributed by atoms with Crippen LogP contribution in [0.4, 0.5) is 4.39 Å². The van der Waals surface area contributed by atoms with Crippen molar-refractivity contribution in [3.8, 4) is 0 Å². The van der Waals surface area contributed by atoms with Crippen LogP contribution in [0.3, 0.4) is 0 Å². The summed E-state index contributed by atoms with van der Waals surface area (Å²) in [6, 6.07) is 3.40. The molecule has 1 aliphatic rings. The van der Waals surface area contributed by atoms with Crippen molar-refractivity contribution in [1.29, 1.82) is 0 Å². The first-order valence-corrected chi connectivity index (χ1v) is 7.01. The molecule has 1 saturated heterocycles. The summed E-state index contributed by atoms with van der Waals surface area (Å²) in [5.41, 5.74) is 1.74. The van der Waals surface area contributed by atoms with E-state index < -0.39 is 0 Å². The number of nitrogens with zero attached hydrogens (tertiary/aromatic N) is 1. The predicted molar refractivity (Wildman–Crippen MR) is 74.1 cm³/mol. The molecule has 0 radical (unpaired) electrons. The van der Waals surface area contributed by atoms with Gasteiger partial charge in [0.15, 0.2) is 17.3 Å². The van der Waals surface area contributed by atoms with Crippen molar-refractivity contribution in [3.63, 3.8) is 0 Å². The second-order valence-electron chi connectivity index (χ2n) is 5.67. The third kappa shape index (κ3) is 2.69. The Balaban J connectivity index is 1.74. The van der Waals surface area contributed by atoms with Crippen LogP contribution in [0.15, 0.2) is 16.5 Å². The smallest absolute Gasteiger partial charge is 0.198 e. The fraction of sp³-hybridized carbons (Fsp3) is 0.533. The van der Waals surface area contributed by atoms with Crippen LogP contribution in [-0.4, -0.2) is 24.7 Å². The van der Waals surface area contributed by atoms with Gasteiger partial charge in [-0.2, -0.15) is 0 Å². The summed E-state index contributed by atoms with van der Waals surface area (Å²) in [5.74, 6) is 0.978. The molecule has 0 amide bonds. The van der Waals surface area contributed by atoms with Crippen molar-refractivity contribution in [2.24, 2.45) is 5.92 Å². The second kappa shape index (κ2) is 5.50. The van der Waals surface area contributed by atoms with Gasteiger partial charge in [-0.25, -0.2) is 9.37 Å². The topological polar surface area (TPSA) is 47.3 Å². The number of rotatable bonds is 5. The summed E-state index contributed by atoms with van der Waals surface area (Å²) in [5, 5.41) is 3.32. The highest BCUT2D eigenvalue weighted by Crippen LogP contribution is 2.24. The van der Waals surface area contributed by atoms with Gasteiger partial charge in [0, 0.05) is 24.9 Å². The number of aromatic nitrogens is 1. The third-order valence-corrected chi connectivity index (χ3v) is 3.48. The summed E-state index contributed by atoms with van der Waals surface area (Å²) in [6.45, 7) is 7.13. The summed E-state index contributed by atoms with van der Waals surface area (Å²) >= 11 is 0. The number of fused-ring (bicyclic) bond motifs is 1. The first kappa shape index (κ1) is 13.5. The van der Waals surface area contributed by atoms with Gasteiger partial charge in [0.2, 0.25) is 0 Å². The SMILES string of the molecule is CC(C)c1nc2cc(CNCC3COC3)cc(F)c2o1. The molecule has 3 rings (SSSR count). The van der Waals surface area contributed by atoms with Crippen LogP contribution in [0, 0.1) is 11.7 Å². The standard InChI is InChI=1S/C15H19FN2O2/c1-9(2)15-18-13-4-10(3-12(16)14(13)20-15)5-17-6-11-7-19-8-11/h3-4,9,11,17H,5-8H2,1-2H3. The van der Waals surface area contributed by atoms with Crippen LogP contribution in [0.1, 0.15) is 31.2 Å². The van der Waals surface area contributed by atoms with Crippen molar-refractivity contribution in [2.45, 2.75) is 26.3 Å². The number of benzene rings is 1. The minimum absolute atomic E-state index is 0.155. The molecule has 108 valence electrons. The monoisotopic (exact) mass is 278 g/mol. The van der Waals surface area contributed by atoms with Gasteiger partial charge in [-0.15, -0.1) is 0 Å². The van der Waals surface area contributed by atoms with Crippen molar-refractivity contribution in [1.82, 2.24) is 10.3 Å². The van der Waals surface area contributed by atoms with Crippen LogP contribution in [0.5, 0.6) is 0 Å². The number of nitrogens with one attached hydrogen (secondary N) is 1. The molecule has 2 heterocycles. The maximum atomic E-state index is 14.0. The number of hydrogen-bond acceptors (Lipinski definition) is 4. The van der Waals surface area contributed by atoms with Crippen LogP contribution in [0.25, 0.3) is 11.1 Å². The highest BCUT2D eigenvalue weighted by atomic mass is 19.1. The molecule has 1 aromatic carbocycles. The Labute approximate surface area is 117 Å². The Hall–Kier alpha value is -1.46. The quantitative estimate of drug-likeness (QED) is 0.913. The molecule has 1 aliphatic heterocycles. The Morgan fingerprint density at radius 3 is 2.85 bits per heavy atom. The van der Waals surface area contributed by atoms with Crippen molar-refractivity contribution in [3.05, 3.63) is 29.4 Å². The molecule has 5 heteroatoms. The molecule has 1 N–H and O–H groups in total. The van der Waals surface area contributed by atoms with Crippen molar-refractivity contribution in [2.75, 3.05) is 19.8 Å². The molecule has 0 bridgehead atoms. The molecule has 0 unspecified atom stereocenters. The Morgan fingerprint density at radius 2 is 2.20 bits per heavy atom. The Bertz CT molecular complexity index is 605. The fourth-order valence-corrected chi connectivity index (χ4v) is 2.24. The van der Waals surface area contributed by atoms with Gasteiger partial charge in [-0.3, -0.25) is 0 Å². The molecular weight excluding hydrogens is 259 g/mol. The molecule has 0 aliphatic carbocycles. The van der Waals surface area contributed by atoms with E-state index in [9.17, 15) is 4.39 Å². The zero-order valence-corrected chi connectivity index (χ0v) is 11.8. The van der Waals surface area contributed by atoms with Gasteiger partial charge in [0.05, 0.1) is 13.2 Å². The molecule has 0 saturated carbocycles. The molecule has 0 spiro atoms. The van der Waals surface area contributed by atoms with E-state index in [1.807, 2.05) is 19.9 Å². The molecule has 4 nitrogen and oxygen atoms in total. The van der Waals surface area contributed by atoms with Crippen molar-refractivity contribution >= 4 is 11.1 Å². The normalized spacial score (nSPS) is 16.0. The largest absolute Gasteiger partial charge is 0.437 e. The minimum Gasteiger partial charge on any atom is -0.437 e.